The topological polar surface area (TPSA) is 107 Å². The Hall–Kier alpha value is -4.46. The number of carbonyl (C=O) groups excluding carboxylic acids is 2. The molecule has 4 N–H and O–H groups in total. The molecule has 0 aliphatic rings. The molecule has 8 heteroatoms. The van der Waals surface area contributed by atoms with Gasteiger partial charge < -0.3 is 21.3 Å². The maximum Gasteiger partial charge on any atom is 0.255 e. The minimum Gasteiger partial charge on any atom is -0.373 e. The van der Waals surface area contributed by atoms with Crippen molar-refractivity contribution >= 4 is 34.9 Å². The van der Waals surface area contributed by atoms with Crippen molar-refractivity contribution < 1.29 is 9.59 Å². The van der Waals surface area contributed by atoms with E-state index in [4.69, 9.17) is 0 Å². The fourth-order valence-corrected chi connectivity index (χ4v) is 3.44. The predicted molar refractivity (Wildman–Crippen MR) is 138 cm³/mol. The Bertz CT molecular complexity index is 1140. The molecule has 0 saturated heterocycles. The number of nitrogens with zero attached hydrogens (tertiary/aromatic N) is 2. The van der Waals surface area contributed by atoms with Crippen molar-refractivity contribution in [3.63, 3.8) is 0 Å². The van der Waals surface area contributed by atoms with Crippen molar-refractivity contribution in [1.29, 1.82) is 0 Å². The summed E-state index contributed by atoms with van der Waals surface area (Å²) in [6.07, 6.45) is 0. The number of anilines is 2. The van der Waals surface area contributed by atoms with Gasteiger partial charge in [0.15, 0.2) is 0 Å². The van der Waals surface area contributed by atoms with Crippen LogP contribution in [0.3, 0.4) is 0 Å². The van der Waals surface area contributed by atoms with E-state index in [-0.39, 0.29) is 11.8 Å². The van der Waals surface area contributed by atoms with Gasteiger partial charge in [0, 0.05) is 61.8 Å². The summed E-state index contributed by atoms with van der Waals surface area (Å²) in [6, 6.07) is 21.3. The molecule has 3 aromatic rings. The monoisotopic (exact) mass is 456 g/mol. The second kappa shape index (κ2) is 11.4. The number of hydrogen-bond donors (Lipinski definition) is 4. The first-order valence-electron chi connectivity index (χ1n) is 10.7. The highest BCUT2D eigenvalue weighted by molar-refractivity contribution is 6.08. The molecule has 0 radical (unpaired) electrons. The number of rotatable bonds is 6. The zero-order valence-corrected chi connectivity index (χ0v) is 19.6. The highest BCUT2D eigenvalue weighted by Gasteiger charge is 2.11. The first-order chi connectivity index (χ1) is 16.5. The van der Waals surface area contributed by atoms with Crippen LogP contribution in [0.25, 0.3) is 0 Å². The molecule has 0 spiro atoms. The van der Waals surface area contributed by atoms with Crippen LogP contribution in [0.1, 0.15) is 31.8 Å². The lowest BCUT2D eigenvalue weighted by Crippen LogP contribution is -2.20. The Morgan fingerprint density at radius 1 is 0.588 bits per heavy atom. The van der Waals surface area contributed by atoms with Gasteiger partial charge in [-0.2, -0.15) is 0 Å². The Balaban J connectivity index is 1.68. The summed E-state index contributed by atoms with van der Waals surface area (Å²) in [6.45, 7) is 0. The van der Waals surface area contributed by atoms with Gasteiger partial charge in [-0.3, -0.25) is 19.6 Å². The average Bonchev–Trinajstić information content (AvgIpc) is 2.86. The van der Waals surface area contributed by atoms with Crippen LogP contribution in [-0.4, -0.2) is 51.7 Å². The standard InChI is InChI=1S/C26H28N6O2/c1-27-23(28-2)19-7-5-9-21(15-19)31-25(33)17-11-13-18(14-12-17)26(34)32-22-10-6-8-20(16-22)24(29-3)30-4/h5-16H,1-4H3,(H,27,28)(H,29,30)(H,31,33)(H,32,34). The number of nitrogens with one attached hydrogen (secondary N) is 4. The number of hydrogen-bond acceptors (Lipinski definition) is 4. The summed E-state index contributed by atoms with van der Waals surface area (Å²) < 4.78 is 0. The van der Waals surface area contributed by atoms with Crippen molar-refractivity contribution in [2.75, 3.05) is 38.8 Å². The summed E-state index contributed by atoms with van der Waals surface area (Å²) in [7, 11) is 6.98. The molecule has 0 atom stereocenters. The van der Waals surface area contributed by atoms with Gasteiger partial charge in [0.05, 0.1) is 0 Å². The third kappa shape index (κ3) is 5.86. The average molecular weight is 457 g/mol. The second-order valence-corrected chi connectivity index (χ2v) is 7.29. The van der Waals surface area contributed by atoms with Gasteiger partial charge in [-0.05, 0) is 48.5 Å². The van der Waals surface area contributed by atoms with E-state index in [1.54, 1.807) is 52.5 Å². The number of amidine groups is 2. The molecule has 2 amide bonds. The molecule has 0 aliphatic carbocycles. The molecular weight excluding hydrogens is 428 g/mol. The molecule has 0 aromatic heterocycles. The maximum atomic E-state index is 12.7. The zero-order chi connectivity index (χ0) is 24.5. The summed E-state index contributed by atoms with van der Waals surface area (Å²) in [5.74, 6) is 0.909. The smallest absolute Gasteiger partial charge is 0.255 e. The van der Waals surface area contributed by atoms with E-state index in [1.807, 2.05) is 48.5 Å². The van der Waals surface area contributed by atoms with E-state index < -0.39 is 0 Å². The largest absolute Gasteiger partial charge is 0.373 e. The molecule has 3 rings (SSSR count). The van der Waals surface area contributed by atoms with Crippen LogP contribution < -0.4 is 21.3 Å². The highest BCUT2D eigenvalue weighted by atomic mass is 16.2. The lowest BCUT2D eigenvalue weighted by atomic mass is 10.1. The highest BCUT2D eigenvalue weighted by Crippen LogP contribution is 2.15. The summed E-state index contributed by atoms with van der Waals surface area (Å²) >= 11 is 0. The number of carbonyl (C=O) groups is 2. The number of aliphatic imine (C=N–C) groups is 2. The number of amides is 2. The van der Waals surface area contributed by atoms with Gasteiger partial charge in [0.1, 0.15) is 11.7 Å². The van der Waals surface area contributed by atoms with Crippen molar-refractivity contribution in [1.82, 2.24) is 10.6 Å². The van der Waals surface area contributed by atoms with Gasteiger partial charge in [0.2, 0.25) is 0 Å². The molecule has 174 valence electrons. The second-order valence-electron chi connectivity index (χ2n) is 7.29. The fourth-order valence-electron chi connectivity index (χ4n) is 3.44. The molecular formula is C26H28N6O2. The Morgan fingerprint density at radius 3 is 1.29 bits per heavy atom. The molecule has 8 nitrogen and oxygen atoms in total. The fraction of sp³-hybridized carbons (Fsp3) is 0.154. The van der Waals surface area contributed by atoms with Crippen molar-refractivity contribution in [3.05, 3.63) is 95.1 Å². The Morgan fingerprint density at radius 2 is 0.971 bits per heavy atom. The van der Waals surface area contributed by atoms with Gasteiger partial charge in [-0.1, -0.05) is 24.3 Å². The third-order valence-electron chi connectivity index (χ3n) is 5.12. The molecule has 0 saturated carbocycles. The Labute approximate surface area is 199 Å². The number of benzene rings is 3. The first-order valence-corrected chi connectivity index (χ1v) is 10.7. The predicted octanol–water partition coefficient (Wildman–Crippen LogP) is 3.38. The van der Waals surface area contributed by atoms with Crippen molar-refractivity contribution in [2.24, 2.45) is 9.98 Å². The van der Waals surface area contributed by atoms with Gasteiger partial charge >= 0.3 is 0 Å². The van der Waals surface area contributed by atoms with Crippen LogP contribution in [0, 0.1) is 0 Å². The van der Waals surface area contributed by atoms with Crippen molar-refractivity contribution in [3.8, 4) is 0 Å². The molecule has 0 bridgehead atoms. The maximum absolute atomic E-state index is 12.7. The Kier molecular flexibility index (Phi) is 8.12. The van der Waals surface area contributed by atoms with Crippen LogP contribution in [0.15, 0.2) is 82.8 Å². The first kappa shape index (κ1) is 24.2. The van der Waals surface area contributed by atoms with Crippen LogP contribution in [0.4, 0.5) is 11.4 Å². The van der Waals surface area contributed by atoms with Crippen LogP contribution in [-0.2, 0) is 0 Å². The van der Waals surface area contributed by atoms with Crippen LogP contribution in [0.2, 0.25) is 0 Å². The summed E-state index contributed by atoms with van der Waals surface area (Å²) in [5, 5.41) is 11.8. The molecule has 34 heavy (non-hydrogen) atoms. The lowest BCUT2D eigenvalue weighted by Gasteiger charge is -2.10. The van der Waals surface area contributed by atoms with E-state index in [0.717, 1.165) is 22.8 Å². The van der Waals surface area contributed by atoms with E-state index in [9.17, 15) is 9.59 Å². The zero-order valence-electron chi connectivity index (χ0n) is 19.6. The van der Waals surface area contributed by atoms with Gasteiger partial charge in [0.25, 0.3) is 11.8 Å². The SMILES string of the molecule is CN=C(NC)c1cccc(NC(=O)c2ccc(C(=O)Nc3cccc(C(=NC)NC)c3)cc2)c1. The third-order valence-corrected chi connectivity index (χ3v) is 5.12. The summed E-state index contributed by atoms with van der Waals surface area (Å²) in [5.41, 5.74) is 3.92. The van der Waals surface area contributed by atoms with Crippen LogP contribution >= 0.6 is 0 Å². The minimum absolute atomic E-state index is 0.269. The lowest BCUT2D eigenvalue weighted by molar-refractivity contribution is 0.101. The molecule has 0 unspecified atom stereocenters. The van der Waals surface area contributed by atoms with Gasteiger partial charge in [-0.15, -0.1) is 0 Å². The minimum atomic E-state index is -0.269. The van der Waals surface area contributed by atoms with Crippen LogP contribution in [0.5, 0.6) is 0 Å². The van der Waals surface area contributed by atoms with Crippen molar-refractivity contribution in [2.45, 2.75) is 0 Å². The molecule has 0 heterocycles. The quantitative estimate of drug-likeness (QED) is 0.337. The van der Waals surface area contributed by atoms with E-state index in [0.29, 0.717) is 22.5 Å². The molecule has 0 fully saturated rings. The van der Waals surface area contributed by atoms with Gasteiger partial charge in [-0.25, -0.2) is 0 Å². The summed E-state index contributed by atoms with van der Waals surface area (Å²) in [4.78, 5) is 33.7. The molecule has 0 aliphatic heterocycles. The van der Waals surface area contributed by atoms with E-state index >= 15 is 0 Å². The molecule has 3 aromatic carbocycles. The normalized spacial score (nSPS) is 11.5. The van der Waals surface area contributed by atoms with E-state index in [1.165, 1.54) is 0 Å². The van der Waals surface area contributed by atoms with E-state index in [2.05, 4.69) is 31.3 Å².